The van der Waals surface area contributed by atoms with Gasteiger partial charge in [-0.1, -0.05) is 0 Å². The molecule has 0 saturated carbocycles. The normalized spacial score (nSPS) is 13.8. The molecule has 0 bridgehead atoms. The molecule has 0 aliphatic carbocycles. The summed E-state index contributed by atoms with van der Waals surface area (Å²) in [5.41, 5.74) is 0.590. The number of ether oxygens (including phenoxy) is 2. The van der Waals surface area contributed by atoms with Gasteiger partial charge in [0, 0.05) is 25.7 Å². The van der Waals surface area contributed by atoms with Crippen molar-refractivity contribution in [2.45, 2.75) is 13.2 Å². The Kier molecular flexibility index (Phi) is 6.93. The largest absolute Gasteiger partial charge is 0.497 e. The maximum atomic E-state index is 12.4. The number of hydrogen-bond acceptors (Lipinski definition) is 5. The van der Waals surface area contributed by atoms with Crippen LogP contribution in [0.4, 0.5) is 8.78 Å². The number of benzene rings is 1. The van der Waals surface area contributed by atoms with E-state index in [4.69, 9.17) is 4.74 Å². The highest BCUT2D eigenvalue weighted by Crippen LogP contribution is 2.25. The molecule has 0 aromatic heterocycles. The maximum Gasteiger partial charge on any atom is 0.387 e. The van der Waals surface area contributed by atoms with E-state index in [1.807, 2.05) is 11.9 Å². The van der Waals surface area contributed by atoms with E-state index in [-0.39, 0.29) is 29.7 Å². The number of likely N-dealkylation sites (N-methyl/N-ethyl adjacent to an activating group) is 1. The van der Waals surface area contributed by atoms with Gasteiger partial charge in [0.2, 0.25) is 0 Å². The molecule has 0 radical (unpaired) electrons. The Bertz CT molecular complexity index is 500. The van der Waals surface area contributed by atoms with E-state index in [1.54, 1.807) is 12.1 Å². The summed E-state index contributed by atoms with van der Waals surface area (Å²) in [7, 11) is 3.44. The summed E-state index contributed by atoms with van der Waals surface area (Å²) < 4.78 is 34.4. The first-order chi connectivity index (χ1) is 9.60. The average molecular weight is 413 g/mol. The van der Waals surface area contributed by atoms with E-state index in [0.29, 0.717) is 17.9 Å². The van der Waals surface area contributed by atoms with Gasteiger partial charge >= 0.3 is 6.61 Å². The number of rotatable bonds is 5. The van der Waals surface area contributed by atoms with Gasteiger partial charge in [0.05, 0.1) is 13.7 Å². The van der Waals surface area contributed by atoms with Crippen LogP contribution in [0.2, 0.25) is 0 Å². The number of halogens is 3. The van der Waals surface area contributed by atoms with Crippen LogP contribution in [0.15, 0.2) is 23.2 Å². The molecular formula is C13H18F2IN3O2. The van der Waals surface area contributed by atoms with Gasteiger partial charge in [-0.3, -0.25) is 4.99 Å². The minimum Gasteiger partial charge on any atom is -0.497 e. The fourth-order valence-corrected chi connectivity index (χ4v) is 1.93. The first-order valence-electron chi connectivity index (χ1n) is 6.21. The standard InChI is InChI=1S/C13H17F2N3O2.HI/c1-18-6-5-16-13(18)17-8-9-7-10(19-2)3-4-11(9)20-12(14)15;/h3-4,7,12H,5-6,8H2,1-2H3,(H,16,17);1H. The molecule has 1 aliphatic rings. The SMILES string of the molecule is COc1ccc(OC(F)F)c(CNC2=NCCN2C)c1.I. The minimum atomic E-state index is -2.85. The second-order valence-electron chi connectivity index (χ2n) is 4.33. The van der Waals surface area contributed by atoms with Crippen molar-refractivity contribution < 1.29 is 18.3 Å². The predicted molar refractivity (Wildman–Crippen MR) is 86.8 cm³/mol. The van der Waals surface area contributed by atoms with E-state index in [9.17, 15) is 8.78 Å². The summed E-state index contributed by atoms with van der Waals surface area (Å²) in [5, 5.41) is 3.11. The third-order valence-electron chi connectivity index (χ3n) is 2.98. The lowest BCUT2D eigenvalue weighted by atomic mass is 10.2. The Hall–Kier alpha value is -1.32. The molecule has 1 aromatic rings. The molecule has 1 aromatic carbocycles. The Labute approximate surface area is 139 Å². The van der Waals surface area contributed by atoms with Crippen molar-refractivity contribution >= 4 is 29.9 Å². The van der Waals surface area contributed by atoms with Crippen molar-refractivity contribution in [3.05, 3.63) is 23.8 Å². The predicted octanol–water partition coefficient (Wildman–Crippen LogP) is 2.31. The number of aliphatic imine (C=N–C) groups is 1. The third kappa shape index (κ3) is 4.87. The van der Waals surface area contributed by atoms with Crippen molar-refractivity contribution in [3.63, 3.8) is 0 Å². The Morgan fingerprint density at radius 3 is 2.76 bits per heavy atom. The molecule has 0 unspecified atom stereocenters. The van der Waals surface area contributed by atoms with Crippen molar-refractivity contribution in [1.82, 2.24) is 10.2 Å². The van der Waals surface area contributed by atoms with Crippen LogP contribution in [0, 0.1) is 0 Å². The highest BCUT2D eigenvalue weighted by atomic mass is 127. The van der Waals surface area contributed by atoms with E-state index >= 15 is 0 Å². The van der Waals surface area contributed by atoms with E-state index in [1.165, 1.54) is 13.2 Å². The van der Waals surface area contributed by atoms with Crippen LogP contribution < -0.4 is 14.8 Å². The number of nitrogens with zero attached hydrogens (tertiary/aromatic N) is 2. The molecule has 0 amide bonds. The summed E-state index contributed by atoms with van der Waals surface area (Å²) in [6, 6.07) is 4.73. The average Bonchev–Trinajstić information content (AvgIpc) is 2.82. The summed E-state index contributed by atoms with van der Waals surface area (Å²) in [6.45, 7) is -0.936. The smallest absolute Gasteiger partial charge is 0.387 e. The van der Waals surface area contributed by atoms with Crippen LogP contribution in [0.25, 0.3) is 0 Å². The fraction of sp³-hybridized carbons (Fsp3) is 0.462. The number of hydrogen-bond donors (Lipinski definition) is 1. The quantitative estimate of drug-likeness (QED) is 0.753. The third-order valence-corrected chi connectivity index (χ3v) is 2.98. The van der Waals surface area contributed by atoms with Gasteiger partial charge in [-0.05, 0) is 18.2 Å². The molecule has 118 valence electrons. The molecule has 0 fully saturated rings. The topological polar surface area (TPSA) is 46.1 Å². The summed E-state index contributed by atoms with van der Waals surface area (Å²) in [5.74, 6) is 1.47. The van der Waals surface area contributed by atoms with Gasteiger partial charge in [-0.2, -0.15) is 8.78 Å². The Morgan fingerprint density at radius 2 is 2.19 bits per heavy atom. The molecule has 21 heavy (non-hydrogen) atoms. The zero-order valence-corrected chi connectivity index (χ0v) is 14.1. The van der Waals surface area contributed by atoms with Gasteiger partial charge in [-0.25, -0.2) is 0 Å². The number of guanidine groups is 1. The summed E-state index contributed by atoms with van der Waals surface area (Å²) in [6.07, 6.45) is 0. The molecule has 0 saturated heterocycles. The summed E-state index contributed by atoms with van der Waals surface area (Å²) >= 11 is 0. The van der Waals surface area contributed by atoms with Gasteiger partial charge in [-0.15, -0.1) is 24.0 Å². The first kappa shape index (κ1) is 17.7. The molecule has 1 aliphatic heterocycles. The molecular weight excluding hydrogens is 395 g/mol. The van der Waals surface area contributed by atoms with Gasteiger partial charge in [0.25, 0.3) is 0 Å². The second-order valence-corrected chi connectivity index (χ2v) is 4.33. The van der Waals surface area contributed by atoms with Gasteiger partial charge < -0.3 is 19.7 Å². The van der Waals surface area contributed by atoms with Crippen LogP contribution in [0.5, 0.6) is 11.5 Å². The monoisotopic (exact) mass is 413 g/mol. The first-order valence-corrected chi connectivity index (χ1v) is 6.21. The molecule has 0 spiro atoms. The number of alkyl halides is 2. The van der Waals surface area contributed by atoms with Crippen LogP contribution in [-0.4, -0.2) is 44.7 Å². The molecule has 1 heterocycles. The van der Waals surface area contributed by atoms with Crippen molar-refractivity contribution in [2.24, 2.45) is 4.99 Å². The van der Waals surface area contributed by atoms with Crippen molar-refractivity contribution in [2.75, 3.05) is 27.2 Å². The van der Waals surface area contributed by atoms with Gasteiger partial charge in [0.15, 0.2) is 5.96 Å². The Balaban J connectivity index is 0.00000220. The van der Waals surface area contributed by atoms with Gasteiger partial charge in [0.1, 0.15) is 11.5 Å². The lowest BCUT2D eigenvalue weighted by molar-refractivity contribution is -0.0505. The minimum absolute atomic E-state index is 0. The lowest BCUT2D eigenvalue weighted by Gasteiger charge is -2.17. The molecule has 8 heteroatoms. The fourth-order valence-electron chi connectivity index (χ4n) is 1.93. The van der Waals surface area contributed by atoms with Crippen LogP contribution >= 0.6 is 24.0 Å². The number of nitrogens with one attached hydrogen (secondary N) is 1. The molecule has 0 atom stereocenters. The zero-order chi connectivity index (χ0) is 14.5. The van der Waals surface area contributed by atoms with Crippen LogP contribution in [-0.2, 0) is 6.54 Å². The Morgan fingerprint density at radius 1 is 1.43 bits per heavy atom. The van der Waals surface area contributed by atoms with E-state index < -0.39 is 6.61 Å². The zero-order valence-electron chi connectivity index (χ0n) is 11.8. The van der Waals surface area contributed by atoms with Crippen molar-refractivity contribution in [3.8, 4) is 11.5 Å². The molecule has 5 nitrogen and oxygen atoms in total. The molecule has 1 N–H and O–H groups in total. The second kappa shape index (κ2) is 8.20. The lowest BCUT2D eigenvalue weighted by Crippen LogP contribution is -2.35. The summed E-state index contributed by atoms with van der Waals surface area (Å²) in [4.78, 5) is 6.24. The number of methoxy groups -OCH3 is 1. The molecule has 2 rings (SSSR count). The van der Waals surface area contributed by atoms with Crippen LogP contribution in [0.3, 0.4) is 0 Å². The van der Waals surface area contributed by atoms with E-state index in [0.717, 1.165) is 19.0 Å². The highest BCUT2D eigenvalue weighted by Gasteiger charge is 2.14. The van der Waals surface area contributed by atoms with Crippen molar-refractivity contribution in [1.29, 1.82) is 0 Å². The van der Waals surface area contributed by atoms with E-state index in [2.05, 4.69) is 15.0 Å². The maximum absolute atomic E-state index is 12.4. The van der Waals surface area contributed by atoms with Crippen LogP contribution in [0.1, 0.15) is 5.56 Å². The highest BCUT2D eigenvalue weighted by molar-refractivity contribution is 14.0.